The zero-order valence-corrected chi connectivity index (χ0v) is 30.9. The van der Waals surface area contributed by atoms with E-state index in [1.165, 1.54) is 50.1 Å². The van der Waals surface area contributed by atoms with E-state index in [0.717, 1.165) is 43.8 Å². The van der Waals surface area contributed by atoms with Gasteiger partial charge in [-0.3, -0.25) is 0 Å². The molecule has 0 aliphatic heterocycles. The lowest BCUT2D eigenvalue weighted by atomic mass is 9.68. The van der Waals surface area contributed by atoms with E-state index in [0.29, 0.717) is 17.5 Å². The van der Waals surface area contributed by atoms with E-state index in [4.69, 9.17) is 15.0 Å². The van der Waals surface area contributed by atoms with Gasteiger partial charge in [-0.15, -0.1) is 0 Å². The molecule has 1 spiro atoms. The van der Waals surface area contributed by atoms with Gasteiger partial charge in [-0.25, -0.2) is 15.0 Å². The second kappa shape index (κ2) is 12.3. The Labute approximate surface area is 330 Å². The van der Waals surface area contributed by atoms with Gasteiger partial charge in [0.15, 0.2) is 17.5 Å². The van der Waals surface area contributed by atoms with Gasteiger partial charge in [0.2, 0.25) is 0 Å². The van der Waals surface area contributed by atoms with Crippen LogP contribution in [0.3, 0.4) is 0 Å². The van der Waals surface area contributed by atoms with Crippen LogP contribution in [0.4, 0.5) is 0 Å². The predicted molar refractivity (Wildman–Crippen MR) is 233 cm³/mol. The van der Waals surface area contributed by atoms with Crippen LogP contribution in [0.25, 0.3) is 89.1 Å². The summed E-state index contributed by atoms with van der Waals surface area (Å²) in [6.45, 7) is 0. The molecular weight excluding hydrogens is 691 g/mol. The maximum atomic E-state index is 5.20. The highest BCUT2D eigenvalue weighted by Gasteiger charge is 2.52. The first kappa shape index (κ1) is 31.8. The molecular formula is C54H33N3. The molecule has 0 unspecified atom stereocenters. The molecule has 9 aromatic carbocycles. The summed E-state index contributed by atoms with van der Waals surface area (Å²) < 4.78 is 0. The second-order valence-corrected chi connectivity index (χ2v) is 15.1. The fourth-order valence-electron chi connectivity index (χ4n) is 9.78. The molecule has 0 fully saturated rings. The van der Waals surface area contributed by atoms with Crippen LogP contribution in [0.5, 0.6) is 0 Å². The van der Waals surface area contributed by atoms with Crippen molar-refractivity contribution in [3.8, 4) is 67.5 Å². The van der Waals surface area contributed by atoms with Crippen molar-refractivity contribution in [3.05, 3.63) is 222 Å². The van der Waals surface area contributed by atoms with E-state index in [2.05, 4.69) is 200 Å². The van der Waals surface area contributed by atoms with Gasteiger partial charge in [-0.2, -0.15) is 0 Å². The lowest BCUT2D eigenvalue weighted by Gasteiger charge is -2.32. The molecule has 0 atom stereocenters. The molecule has 0 saturated heterocycles. The number of hydrogen-bond donors (Lipinski definition) is 0. The molecule has 0 radical (unpaired) electrons. The fourth-order valence-corrected chi connectivity index (χ4v) is 9.78. The van der Waals surface area contributed by atoms with E-state index < -0.39 is 5.41 Å². The molecule has 0 amide bonds. The Morgan fingerprint density at radius 2 is 0.632 bits per heavy atom. The maximum absolute atomic E-state index is 5.20. The molecule has 10 aromatic rings. The first-order valence-corrected chi connectivity index (χ1v) is 19.5. The Morgan fingerprint density at radius 1 is 0.263 bits per heavy atom. The van der Waals surface area contributed by atoms with Crippen molar-refractivity contribution in [1.82, 2.24) is 15.0 Å². The van der Waals surface area contributed by atoms with E-state index >= 15 is 0 Å². The largest absolute Gasteiger partial charge is 0.208 e. The van der Waals surface area contributed by atoms with Crippen molar-refractivity contribution in [2.45, 2.75) is 5.41 Å². The van der Waals surface area contributed by atoms with Crippen LogP contribution >= 0.6 is 0 Å². The number of benzene rings is 9. The number of aromatic nitrogens is 3. The van der Waals surface area contributed by atoms with Gasteiger partial charge in [0.05, 0.1) is 5.41 Å². The summed E-state index contributed by atoms with van der Waals surface area (Å²) in [5.74, 6) is 1.95. The van der Waals surface area contributed by atoms with Crippen LogP contribution in [-0.2, 0) is 5.41 Å². The SMILES string of the molecule is c1ccc2c(c1)-c1ccccc1C21c2ccccc2-c2cccc(-c3ccc(-c4nc(-c5cccc6ccccc56)nc(-c5cccc6ccccc56)n4)cc3)c21. The molecule has 2 aliphatic rings. The summed E-state index contributed by atoms with van der Waals surface area (Å²) in [5.41, 5.74) is 15.4. The van der Waals surface area contributed by atoms with Gasteiger partial charge in [0.25, 0.3) is 0 Å². The Hall–Kier alpha value is -7.49. The average Bonchev–Trinajstić information content (AvgIpc) is 3.76. The number of hydrogen-bond acceptors (Lipinski definition) is 3. The third-order valence-electron chi connectivity index (χ3n) is 12.2. The van der Waals surface area contributed by atoms with Gasteiger partial charge in [-0.05, 0) is 77.2 Å². The first-order chi connectivity index (χ1) is 28.3. The minimum atomic E-state index is -0.427. The van der Waals surface area contributed by atoms with Gasteiger partial charge < -0.3 is 0 Å². The van der Waals surface area contributed by atoms with Crippen LogP contribution in [0.2, 0.25) is 0 Å². The van der Waals surface area contributed by atoms with Crippen molar-refractivity contribution in [2.24, 2.45) is 0 Å². The van der Waals surface area contributed by atoms with Gasteiger partial charge in [0.1, 0.15) is 0 Å². The molecule has 3 heteroatoms. The molecule has 57 heavy (non-hydrogen) atoms. The predicted octanol–water partition coefficient (Wildman–Crippen LogP) is 13.2. The highest BCUT2D eigenvalue weighted by Crippen LogP contribution is 2.64. The third-order valence-corrected chi connectivity index (χ3v) is 12.2. The molecule has 2 aliphatic carbocycles. The quantitative estimate of drug-likeness (QED) is 0.181. The molecule has 0 N–H and O–H groups in total. The molecule has 0 saturated carbocycles. The minimum absolute atomic E-state index is 0.427. The van der Waals surface area contributed by atoms with Gasteiger partial charge in [-0.1, -0.05) is 200 Å². The van der Waals surface area contributed by atoms with Crippen LogP contribution in [-0.4, -0.2) is 15.0 Å². The molecule has 264 valence electrons. The molecule has 1 aromatic heterocycles. The number of fused-ring (bicyclic) bond motifs is 12. The summed E-state index contributed by atoms with van der Waals surface area (Å²) in [6.07, 6.45) is 0. The number of rotatable bonds is 4. The van der Waals surface area contributed by atoms with Crippen molar-refractivity contribution in [3.63, 3.8) is 0 Å². The Kier molecular flexibility index (Phi) is 6.84. The lowest BCUT2D eigenvalue weighted by Crippen LogP contribution is -2.26. The van der Waals surface area contributed by atoms with Crippen molar-refractivity contribution in [1.29, 1.82) is 0 Å². The summed E-state index contributed by atoms with van der Waals surface area (Å²) >= 11 is 0. The smallest absolute Gasteiger partial charge is 0.164 e. The van der Waals surface area contributed by atoms with Crippen LogP contribution in [0.1, 0.15) is 22.3 Å². The normalized spacial score (nSPS) is 13.1. The standard InChI is InChI=1S/C54H33N3/c1-3-18-38-34(14-1)16-11-25-45(38)52-55-51(56-53(57-52)46-26-12-17-35-15-2-4-19-39(35)46)37-32-30-36(31-33-37)40-23-13-24-44-43-22-7-10-29-49(43)54(50(40)44)47-27-8-5-20-41(47)42-21-6-9-28-48(42)54/h1-33H. The molecule has 12 rings (SSSR count). The van der Waals surface area contributed by atoms with Crippen molar-refractivity contribution >= 4 is 21.5 Å². The Bertz CT molecular complexity index is 3080. The van der Waals surface area contributed by atoms with Crippen molar-refractivity contribution < 1.29 is 0 Å². The highest BCUT2D eigenvalue weighted by atomic mass is 15.0. The highest BCUT2D eigenvalue weighted by molar-refractivity contribution is 6.00. The van der Waals surface area contributed by atoms with E-state index in [1.54, 1.807) is 0 Å². The first-order valence-electron chi connectivity index (χ1n) is 19.5. The Morgan fingerprint density at radius 3 is 1.19 bits per heavy atom. The van der Waals surface area contributed by atoms with Crippen LogP contribution < -0.4 is 0 Å². The fraction of sp³-hybridized carbons (Fsp3) is 0.0185. The second-order valence-electron chi connectivity index (χ2n) is 15.1. The zero-order valence-electron chi connectivity index (χ0n) is 30.9. The average molecular weight is 724 g/mol. The summed E-state index contributed by atoms with van der Waals surface area (Å²) in [7, 11) is 0. The number of nitrogens with zero attached hydrogens (tertiary/aromatic N) is 3. The lowest BCUT2D eigenvalue weighted by molar-refractivity contribution is 0.796. The zero-order chi connectivity index (χ0) is 37.5. The summed E-state index contributed by atoms with van der Waals surface area (Å²) in [5, 5.41) is 4.52. The maximum Gasteiger partial charge on any atom is 0.164 e. The minimum Gasteiger partial charge on any atom is -0.208 e. The van der Waals surface area contributed by atoms with E-state index in [1.807, 2.05) is 0 Å². The summed E-state index contributed by atoms with van der Waals surface area (Å²) in [4.78, 5) is 15.6. The molecule has 0 bridgehead atoms. The topological polar surface area (TPSA) is 38.7 Å². The third kappa shape index (κ3) is 4.57. The molecule has 1 heterocycles. The van der Waals surface area contributed by atoms with Crippen LogP contribution in [0, 0.1) is 0 Å². The van der Waals surface area contributed by atoms with E-state index in [-0.39, 0.29) is 0 Å². The summed E-state index contributed by atoms with van der Waals surface area (Å²) in [6, 6.07) is 72.1. The molecule has 3 nitrogen and oxygen atoms in total. The van der Waals surface area contributed by atoms with Crippen LogP contribution in [0.15, 0.2) is 200 Å². The Balaban J connectivity index is 1.05. The van der Waals surface area contributed by atoms with E-state index in [9.17, 15) is 0 Å². The van der Waals surface area contributed by atoms with Gasteiger partial charge in [0, 0.05) is 16.7 Å². The van der Waals surface area contributed by atoms with Gasteiger partial charge >= 0.3 is 0 Å². The van der Waals surface area contributed by atoms with Crippen molar-refractivity contribution in [2.75, 3.05) is 0 Å². The monoisotopic (exact) mass is 723 g/mol.